The Kier molecular flexibility index (Phi) is 5.11. The van der Waals surface area contributed by atoms with E-state index in [2.05, 4.69) is 4.98 Å². The Hall–Kier alpha value is -2.39. The second kappa shape index (κ2) is 7.56. The molecule has 2 aliphatic rings. The molecule has 0 bridgehead atoms. The van der Waals surface area contributed by atoms with Gasteiger partial charge in [-0.15, -0.1) is 0 Å². The van der Waals surface area contributed by atoms with Gasteiger partial charge in [0.2, 0.25) is 0 Å². The van der Waals surface area contributed by atoms with Gasteiger partial charge in [0, 0.05) is 32.4 Å². The summed E-state index contributed by atoms with van der Waals surface area (Å²) in [5.74, 6) is 0. The minimum atomic E-state index is -3.60. The largest absolute Gasteiger partial charge is 0.447 e. The lowest BCUT2D eigenvalue weighted by molar-refractivity contribution is 0.125. The lowest BCUT2D eigenvalue weighted by Crippen LogP contribution is -2.50. The molecule has 2 aliphatic heterocycles. The van der Waals surface area contributed by atoms with Crippen LogP contribution in [-0.4, -0.2) is 65.0 Å². The lowest BCUT2D eigenvalue weighted by atomic mass is 10.00. The summed E-state index contributed by atoms with van der Waals surface area (Å²) in [7, 11) is -1.86. The van der Waals surface area contributed by atoms with Gasteiger partial charge in [-0.05, 0) is 24.8 Å². The number of amides is 1. The molecule has 150 valence electrons. The number of rotatable bonds is 5. The number of ether oxygens (including phenoxy) is 1. The molecular weight excluding hydrogens is 380 g/mol. The van der Waals surface area contributed by atoms with E-state index in [0.717, 1.165) is 12.0 Å². The molecule has 2 saturated heterocycles. The summed E-state index contributed by atoms with van der Waals surface area (Å²) in [6.45, 7) is 1.11. The number of aromatic nitrogens is 2. The molecule has 2 aromatic rings. The van der Waals surface area contributed by atoms with Crippen LogP contribution in [0.2, 0.25) is 0 Å². The molecule has 0 aliphatic carbocycles. The Morgan fingerprint density at radius 3 is 2.54 bits per heavy atom. The van der Waals surface area contributed by atoms with Crippen molar-refractivity contribution in [2.75, 3.05) is 19.7 Å². The highest BCUT2D eigenvalue weighted by atomic mass is 32.2. The van der Waals surface area contributed by atoms with E-state index < -0.39 is 10.0 Å². The molecule has 1 atom stereocenters. The van der Waals surface area contributed by atoms with Gasteiger partial charge in [0.1, 0.15) is 6.61 Å². The van der Waals surface area contributed by atoms with Gasteiger partial charge in [-0.2, -0.15) is 4.31 Å². The summed E-state index contributed by atoms with van der Waals surface area (Å²) in [5, 5.41) is 0.0657. The summed E-state index contributed by atoms with van der Waals surface area (Å²) in [6.07, 6.45) is 4.60. The summed E-state index contributed by atoms with van der Waals surface area (Å²) < 4.78 is 33.9. The SMILES string of the molecule is Cn1cnc(S(=O)(=O)N2CCC(N3C(=O)OCC3Cc3ccccc3)CC2)c1. The van der Waals surface area contributed by atoms with Crippen LogP contribution in [0.5, 0.6) is 0 Å². The van der Waals surface area contributed by atoms with Crippen LogP contribution in [0.25, 0.3) is 0 Å². The van der Waals surface area contributed by atoms with Crippen molar-refractivity contribution in [3.63, 3.8) is 0 Å². The van der Waals surface area contributed by atoms with E-state index in [9.17, 15) is 13.2 Å². The first-order valence-electron chi connectivity index (χ1n) is 9.42. The Labute approximate surface area is 164 Å². The molecule has 1 unspecified atom stereocenters. The third-order valence-corrected chi connectivity index (χ3v) is 7.20. The maximum atomic E-state index is 12.7. The summed E-state index contributed by atoms with van der Waals surface area (Å²) in [4.78, 5) is 18.1. The Morgan fingerprint density at radius 1 is 1.18 bits per heavy atom. The molecule has 3 heterocycles. The van der Waals surface area contributed by atoms with Crippen LogP contribution in [0.4, 0.5) is 4.79 Å². The molecule has 8 nitrogen and oxygen atoms in total. The molecule has 1 aromatic heterocycles. The van der Waals surface area contributed by atoms with Gasteiger partial charge in [-0.3, -0.25) is 4.90 Å². The molecule has 0 N–H and O–H groups in total. The fraction of sp³-hybridized carbons (Fsp3) is 0.474. The fourth-order valence-electron chi connectivity index (χ4n) is 3.98. The van der Waals surface area contributed by atoms with Crippen LogP contribution < -0.4 is 0 Å². The molecule has 0 radical (unpaired) electrons. The van der Waals surface area contributed by atoms with Crippen molar-refractivity contribution in [3.05, 3.63) is 48.4 Å². The van der Waals surface area contributed by atoms with Gasteiger partial charge < -0.3 is 9.30 Å². The molecule has 28 heavy (non-hydrogen) atoms. The molecule has 2 fully saturated rings. The molecular formula is C19H24N4O4S. The van der Waals surface area contributed by atoms with Gasteiger partial charge >= 0.3 is 6.09 Å². The Balaban J connectivity index is 1.43. The van der Waals surface area contributed by atoms with E-state index in [1.807, 2.05) is 35.2 Å². The van der Waals surface area contributed by atoms with Crippen molar-refractivity contribution in [2.45, 2.75) is 36.4 Å². The number of imidazole rings is 1. The monoisotopic (exact) mass is 404 g/mol. The summed E-state index contributed by atoms with van der Waals surface area (Å²) in [6, 6.07) is 10.00. The maximum absolute atomic E-state index is 12.7. The Bertz CT molecular complexity index is 936. The number of hydrogen-bond donors (Lipinski definition) is 0. The zero-order chi connectivity index (χ0) is 19.7. The van der Waals surface area contributed by atoms with Crippen molar-refractivity contribution in [1.82, 2.24) is 18.8 Å². The van der Waals surface area contributed by atoms with Crippen molar-refractivity contribution >= 4 is 16.1 Å². The zero-order valence-electron chi connectivity index (χ0n) is 15.8. The normalized spacial score (nSPS) is 21.8. The van der Waals surface area contributed by atoms with E-state index in [1.54, 1.807) is 11.6 Å². The number of carbonyl (C=O) groups excluding carboxylic acids is 1. The van der Waals surface area contributed by atoms with E-state index in [4.69, 9.17) is 4.74 Å². The van der Waals surface area contributed by atoms with Gasteiger partial charge in [-0.1, -0.05) is 30.3 Å². The zero-order valence-corrected chi connectivity index (χ0v) is 16.6. The molecule has 4 rings (SSSR count). The lowest BCUT2D eigenvalue weighted by Gasteiger charge is -2.37. The van der Waals surface area contributed by atoms with E-state index in [1.165, 1.54) is 16.8 Å². The van der Waals surface area contributed by atoms with Gasteiger partial charge in [0.15, 0.2) is 5.03 Å². The highest BCUT2D eigenvalue weighted by molar-refractivity contribution is 7.89. The van der Waals surface area contributed by atoms with E-state index >= 15 is 0 Å². The second-order valence-electron chi connectivity index (χ2n) is 7.34. The molecule has 0 saturated carbocycles. The predicted octanol–water partition coefficient (Wildman–Crippen LogP) is 1.64. The number of nitrogens with zero attached hydrogens (tertiary/aromatic N) is 4. The number of sulfonamides is 1. The van der Waals surface area contributed by atoms with Crippen LogP contribution in [0.1, 0.15) is 18.4 Å². The van der Waals surface area contributed by atoms with Crippen LogP contribution >= 0.6 is 0 Å². The first-order valence-corrected chi connectivity index (χ1v) is 10.9. The topological polar surface area (TPSA) is 84.7 Å². The molecule has 9 heteroatoms. The number of cyclic esters (lactones) is 1. The third kappa shape index (κ3) is 3.64. The van der Waals surface area contributed by atoms with Crippen LogP contribution in [0, 0.1) is 0 Å². The summed E-state index contributed by atoms with van der Waals surface area (Å²) in [5.41, 5.74) is 1.16. The van der Waals surface area contributed by atoms with E-state index in [-0.39, 0.29) is 23.2 Å². The average molecular weight is 404 g/mol. The minimum Gasteiger partial charge on any atom is -0.447 e. The Morgan fingerprint density at radius 2 is 1.89 bits per heavy atom. The minimum absolute atomic E-state index is 0.0149. The maximum Gasteiger partial charge on any atom is 0.410 e. The van der Waals surface area contributed by atoms with Crippen LogP contribution in [0.15, 0.2) is 47.9 Å². The van der Waals surface area contributed by atoms with Crippen LogP contribution in [-0.2, 0) is 28.2 Å². The number of aryl methyl sites for hydroxylation is 1. The standard InChI is InChI=1S/C19H24N4O4S/c1-21-12-18(20-14-21)28(25,26)22-9-7-16(8-10-22)23-17(13-27-19(23)24)11-15-5-3-2-4-6-15/h2-6,12,14,16-17H,7-11,13H2,1H3. The fourth-order valence-corrected chi connectivity index (χ4v) is 5.41. The van der Waals surface area contributed by atoms with Crippen molar-refractivity contribution in [2.24, 2.45) is 7.05 Å². The highest BCUT2D eigenvalue weighted by Gasteiger charge is 2.41. The smallest absolute Gasteiger partial charge is 0.410 e. The van der Waals surface area contributed by atoms with Crippen molar-refractivity contribution in [3.8, 4) is 0 Å². The molecule has 1 amide bonds. The number of benzene rings is 1. The summed E-state index contributed by atoms with van der Waals surface area (Å²) >= 11 is 0. The first kappa shape index (κ1) is 18.9. The quantitative estimate of drug-likeness (QED) is 0.756. The third-order valence-electron chi connectivity index (χ3n) is 5.42. The number of carbonyl (C=O) groups is 1. The van der Waals surface area contributed by atoms with Crippen molar-refractivity contribution < 1.29 is 17.9 Å². The second-order valence-corrected chi connectivity index (χ2v) is 9.23. The van der Waals surface area contributed by atoms with Gasteiger partial charge in [0.05, 0.1) is 12.4 Å². The van der Waals surface area contributed by atoms with Crippen LogP contribution in [0.3, 0.4) is 0 Å². The highest BCUT2D eigenvalue weighted by Crippen LogP contribution is 2.28. The first-order chi connectivity index (χ1) is 13.4. The average Bonchev–Trinajstić information content (AvgIpc) is 3.29. The van der Waals surface area contributed by atoms with Gasteiger partial charge in [-0.25, -0.2) is 18.2 Å². The molecule has 0 spiro atoms. The predicted molar refractivity (Wildman–Crippen MR) is 102 cm³/mol. The van der Waals surface area contributed by atoms with E-state index in [0.29, 0.717) is 32.5 Å². The van der Waals surface area contributed by atoms with Gasteiger partial charge in [0.25, 0.3) is 10.0 Å². The molecule has 1 aromatic carbocycles. The van der Waals surface area contributed by atoms with Crippen molar-refractivity contribution in [1.29, 1.82) is 0 Å². The number of piperidine rings is 1. The number of hydrogen-bond acceptors (Lipinski definition) is 5.